The van der Waals surface area contributed by atoms with E-state index >= 15 is 0 Å². The van der Waals surface area contributed by atoms with Gasteiger partial charge in [-0.15, -0.1) is 0 Å². The highest BCUT2D eigenvalue weighted by molar-refractivity contribution is 5.94. The van der Waals surface area contributed by atoms with Crippen molar-refractivity contribution in [2.75, 3.05) is 19.6 Å². The van der Waals surface area contributed by atoms with Gasteiger partial charge in [0.2, 0.25) is 0 Å². The third-order valence-corrected chi connectivity index (χ3v) is 4.88. The van der Waals surface area contributed by atoms with Crippen molar-refractivity contribution in [2.45, 2.75) is 18.3 Å². The van der Waals surface area contributed by atoms with E-state index in [2.05, 4.69) is 12.1 Å². The fraction of sp³-hybridized carbons (Fsp3) is 0.316. The maximum atomic E-state index is 13.0. The molecule has 1 heterocycles. The number of nitrogens with two attached hydrogens (primary N) is 1. The van der Waals surface area contributed by atoms with Crippen LogP contribution >= 0.6 is 0 Å². The van der Waals surface area contributed by atoms with E-state index in [9.17, 15) is 9.18 Å². The van der Waals surface area contributed by atoms with Gasteiger partial charge >= 0.3 is 0 Å². The third kappa shape index (κ3) is 3.13. The molecule has 2 aromatic rings. The second kappa shape index (κ2) is 6.50. The molecule has 2 aromatic carbocycles. The number of likely N-dealkylation sites (tertiary alicyclic amines) is 1. The average molecular weight is 312 g/mol. The fourth-order valence-corrected chi connectivity index (χ4v) is 3.32. The predicted molar refractivity (Wildman–Crippen MR) is 88.7 cm³/mol. The number of piperidine rings is 1. The van der Waals surface area contributed by atoms with Crippen LogP contribution in [0, 0.1) is 5.82 Å². The normalized spacial score (nSPS) is 17.0. The highest BCUT2D eigenvalue weighted by Crippen LogP contribution is 2.34. The van der Waals surface area contributed by atoms with Gasteiger partial charge in [-0.05, 0) is 42.7 Å². The molecule has 3 rings (SSSR count). The van der Waals surface area contributed by atoms with Crippen molar-refractivity contribution < 1.29 is 9.18 Å². The van der Waals surface area contributed by atoms with E-state index in [0.717, 1.165) is 12.8 Å². The molecule has 1 aliphatic heterocycles. The lowest BCUT2D eigenvalue weighted by atomic mass is 9.73. The van der Waals surface area contributed by atoms with E-state index in [1.54, 1.807) is 12.1 Å². The Balaban J connectivity index is 1.72. The maximum absolute atomic E-state index is 13.0. The van der Waals surface area contributed by atoms with Crippen LogP contribution in [0.3, 0.4) is 0 Å². The van der Waals surface area contributed by atoms with Crippen molar-refractivity contribution in [1.29, 1.82) is 0 Å². The molecule has 1 fully saturated rings. The van der Waals surface area contributed by atoms with Gasteiger partial charge in [-0.1, -0.05) is 30.3 Å². The molecule has 3 nitrogen and oxygen atoms in total. The minimum absolute atomic E-state index is 0.0383. The molecule has 1 saturated heterocycles. The van der Waals surface area contributed by atoms with E-state index < -0.39 is 0 Å². The molecular weight excluding hydrogens is 291 g/mol. The Labute approximate surface area is 135 Å². The van der Waals surface area contributed by atoms with Crippen LogP contribution in [0.5, 0.6) is 0 Å². The van der Waals surface area contributed by atoms with Crippen molar-refractivity contribution in [3.63, 3.8) is 0 Å². The number of amides is 1. The van der Waals surface area contributed by atoms with Gasteiger partial charge in [0, 0.05) is 30.6 Å². The molecule has 1 amide bonds. The molecule has 2 N–H and O–H groups in total. The summed E-state index contributed by atoms with van der Waals surface area (Å²) in [5, 5.41) is 0. The second-order valence-corrected chi connectivity index (χ2v) is 6.15. The van der Waals surface area contributed by atoms with Crippen LogP contribution in [-0.4, -0.2) is 30.4 Å². The number of benzene rings is 2. The monoisotopic (exact) mass is 312 g/mol. The molecule has 4 heteroatoms. The molecule has 1 aliphatic rings. The largest absolute Gasteiger partial charge is 0.339 e. The zero-order chi connectivity index (χ0) is 16.3. The van der Waals surface area contributed by atoms with Gasteiger partial charge in [-0.3, -0.25) is 4.79 Å². The van der Waals surface area contributed by atoms with Crippen LogP contribution in [0.4, 0.5) is 4.39 Å². The van der Waals surface area contributed by atoms with Crippen LogP contribution in [0.25, 0.3) is 0 Å². The summed E-state index contributed by atoms with van der Waals surface area (Å²) in [6.45, 7) is 1.92. The van der Waals surface area contributed by atoms with Gasteiger partial charge in [0.25, 0.3) is 5.91 Å². The minimum atomic E-state index is -0.327. The van der Waals surface area contributed by atoms with Gasteiger partial charge in [0.05, 0.1) is 0 Å². The summed E-state index contributed by atoms with van der Waals surface area (Å²) in [4.78, 5) is 14.4. The van der Waals surface area contributed by atoms with Crippen molar-refractivity contribution in [1.82, 2.24) is 4.90 Å². The maximum Gasteiger partial charge on any atom is 0.253 e. The molecular formula is C19H21FN2O. The zero-order valence-electron chi connectivity index (χ0n) is 13.0. The summed E-state index contributed by atoms with van der Waals surface area (Å²) < 4.78 is 13.0. The van der Waals surface area contributed by atoms with Crippen molar-refractivity contribution in [3.8, 4) is 0 Å². The molecule has 0 aliphatic carbocycles. The topological polar surface area (TPSA) is 46.3 Å². The molecule has 23 heavy (non-hydrogen) atoms. The lowest BCUT2D eigenvalue weighted by Gasteiger charge is -2.41. The summed E-state index contributed by atoms with van der Waals surface area (Å²) in [5.41, 5.74) is 7.80. The van der Waals surface area contributed by atoms with Gasteiger partial charge in [0.15, 0.2) is 0 Å². The molecule has 120 valence electrons. The highest BCUT2D eigenvalue weighted by Gasteiger charge is 2.36. The number of rotatable bonds is 3. The van der Waals surface area contributed by atoms with Crippen LogP contribution in [0.1, 0.15) is 28.8 Å². The lowest BCUT2D eigenvalue weighted by molar-refractivity contribution is 0.0670. The Morgan fingerprint density at radius 2 is 1.65 bits per heavy atom. The third-order valence-electron chi connectivity index (χ3n) is 4.88. The Hall–Kier alpha value is -2.20. The smallest absolute Gasteiger partial charge is 0.253 e. The zero-order valence-corrected chi connectivity index (χ0v) is 13.0. The Morgan fingerprint density at radius 3 is 2.22 bits per heavy atom. The number of hydrogen-bond donors (Lipinski definition) is 1. The summed E-state index contributed by atoms with van der Waals surface area (Å²) in [5.74, 6) is -0.366. The van der Waals surface area contributed by atoms with E-state index in [-0.39, 0.29) is 17.1 Å². The summed E-state index contributed by atoms with van der Waals surface area (Å²) >= 11 is 0. The van der Waals surface area contributed by atoms with Crippen LogP contribution < -0.4 is 5.73 Å². The number of halogens is 1. The first kappa shape index (κ1) is 15.7. The first-order valence-electron chi connectivity index (χ1n) is 7.95. The molecule has 0 saturated carbocycles. The van der Waals surface area contributed by atoms with Gasteiger partial charge in [-0.2, -0.15) is 0 Å². The van der Waals surface area contributed by atoms with E-state index in [4.69, 9.17) is 5.73 Å². The van der Waals surface area contributed by atoms with Gasteiger partial charge in [-0.25, -0.2) is 4.39 Å². The first-order chi connectivity index (χ1) is 11.1. The quantitative estimate of drug-likeness (QED) is 0.947. The molecule has 0 unspecified atom stereocenters. The molecule has 0 radical (unpaired) electrons. The Morgan fingerprint density at radius 1 is 1.04 bits per heavy atom. The molecule has 0 atom stereocenters. The van der Waals surface area contributed by atoms with Crippen LogP contribution in [-0.2, 0) is 5.41 Å². The van der Waals surface area contributed by atoms with Crippen molar-refractivity contribution in [3.05, 3.63) is 71.5 Å². The SMILES string of the molecule is NCC1(c2ccccc2)CCN(C(=O)c2ccc(F)cc2)CC1. The van der Waals surface area contributed by atoms with Gasteiger partial charge < -0.3 is 10.6 Å². The summed E-state index contributed by atoms with van der Waals surface area (Å²) in [6, 6.07) is 16.0. The predicted octanol–water partition coefficient (Wildman–Crippen LogP) is 2.96. The second-order valence-electron chi connectivity index (χ2n) is 6.15. The summed E-state index contributed by atoms with van der Waals surface area (Å²) in [7, 11) is 0. The van der Waals surface area contributed by atoms with Crippen molar-refractivity contribution >= 4 is 5.91 Å². The fourth-order valence-electron chi connectivity index (χ4n) is 3.32. The number of nitrogens with zero attached hydrogens (tertiary/aromatic N) is 1. The minimum Gasteiger partial charge on any atom is -0.339 e. The Bertz CT molecular complexity index is 662. The average Bonchev–Trinajstić information content (AvgIpc) is 2.62. The van der Waals surface area contributed by atoms with Crippen LogP contribution in [0.2, 0.25) is 0 Å². The van der Waals surface area contributed by atoms with Crippen LogP contribution in [0.15, 0.2) is 54.6 Å². The van der Waals surface area contributed by atoms with Gasteiger partial charge in [0.1, 0.15) is 5.82 Å². The first-order valence-corrected chi connectivity index (χ1v) is 7.95. The molecule has 0 aromatic heterocycles. The molecule has 0 spiro atoms. The highest BCUT2D eigenvalue weighted by atomic mass is 19.1. The van der Waals surface area contributed by atoms with E-state index in [0.29, 0.717) is 25.2 Å². The lowest BCUT2D eigenvalue weighted by Crippen LogP contribution is -2.48. The Kier molecular flexibility index (Phi) is 4.44. The van der Waals surface area contributed by atoms with E-state index in [1.807, 2.05) is 23.1 Å². The number of hydrogen-bond acceptors (Lipinski definition) is 2. The van der Waals surface area contributed by atoms with E-state index in [1.165, 1.54) is 17.7 Å². The summed E-state index contributed by atoms with van der Waals surface area (Å²) in [6.07, 6.45) is 1.70. The van der Waals surface area contributed by atoms with Crippen molar-refractivity contribution in [2.24, 2.45) is 5.73 Å². The number of carbonyl (C=O) groups is 1. The standard InChI is InChI=1S/C19H21FN2O/c20-17-8-6-15(7-9-17)18(23)22-12-10-19(14-21,11-13-22)16-4-2-1-3-5-16/h1-9H,10-14,21H2. The molecule has 0 bridgehead atoms. The number of carbonyl (C=O) groups excluding carboxylic acids is 1.